The molecule has 1 amide bonds. The van der Waals surface area contributed by atoms with Gasteiger partial charge in [0.2, 0.25) is 0 Å². The third-order valence-electron chi connectivity index (χ3n) is 4.43. The Morgan fingerprint density at radius 1 is 1.08 bits per heavy atom. The quantitative estimate of drug-likeness (QED) is 0.761. The number of carbonyl (C=O) groups excluding carboxylic acids is 1. The summed E-state index contributed by atoms with van der Waals surface area (Å²) in [7, 11) is 0. The van der Waals surface area contributed by atoms with Crippen LogP contribution >= 0.6 is 0 Å². The highest BCUT2D eigenvalue weighted by Crippen LogP contribution is 2.26. The third kappa shape index (κ3) is 3.52. The van der Waals surface area contributed by atoms with Gasteiger partial charge in [-0.05, 0) is 43.2 Å². The predicted octanol–water partition coefficient (Wildman–Crippen LogP) is 4.43. The Bertz CT molecular complexity index is 936. The number of hydrogen-bond acceptors (Lipinski definition) is 3. The molecule has 0 atom stereocenters. The Labute approximate surface area is 154 Å². The van der Waals surface area contributed by atoms with Crippen LogP contribution in [0.3, 0.4) is 0 Å². The highest BCUT2D eigenvalue weighted by Gasteiger charge is 2.22. The molecule has 0 saturated heterocycles. The molecule has 0 spiro atoms. The van der Waals surface area contributed by atoms with Gasteiger partial charge in [0.25, 0.3) is 5.91 Å². The molecule has 0 fully saturated rings. The van der Waals surface area contributed by atoms with Gasteiger partial charge in [-0.3, -0.25) is 4.79 Å². The van der Waals surface area contributed by atoms with E-state index in [2.05, 4.69) is 36.2 Å². The van der Waals surface area contributed by atoms with Crippen molar-refractivity contribution in [1.82, 2.24) is 14.8 Å². The number of hydrogen-bond donors (Lipinski definition) is 1. The van der Waals surface area contributed by atoms with Crippen LogP contribution in [0.25, 0.3) is 5.82 Å². The van der Waals surface area contributed by atoms with Gasteiger partial charge in [0, 0.05) is 23.2 Å². The lowest BCUT2D eigenvalue weighted by Gasteiger charge is -2.13. The van der Waals surface area contributed by atoms with Crippen molar-refractivity contribution in [2.24, 2.45) is 0 Å². The van der Waals surface area contributed by atoms with Crippen molar-refractivity contribution >= 4 is 11.7 Å². The van der Waals surface area contributed by atoms with Crippen molar-refractivity contribution in [3.05, 3.63) is 71.0 Å². The average Bonchev–Trinajstić information content (AvgIpc) is 3.02. The zero-order valence-corrected chi connectivity index (χ0v) is 15.9. The lowest BCUT2D eigenvalue weighted by atomic mass is 9.92. The molecule has 0 unspecified atom stereocenters. The molecule has 0 aliphatic carbocycles. The fourth-order valence-corrected chi connectivity index (χ4v) is 2.67. The molecule has 0 aliphatic heterocycles. The average molecular weight is 348 g/mol. The van der Waals surface area contributed by atoms with Crippen LogP contribution in [0, 0.1) is 13.8 Å². The minimum Gasteiger partial charge on any atom is -0.306 e. The highest BCUT2D eigenvalue weighted by molar-refractivity contribution is 6.05. The molecule has 5 heteroatoms. The second-order valence-corrected chi connectivity index (χ2v) is 7.47. The zero-order chi connectivity index (χ0) is 18.9. The van der Waals surface area contributed by atoms with Gasteiger partial charge in [0.1, 0.15) is 5.82 Å². The Kier molecular flexibility index (Phi) is 4.64. The van der Waals surface area contributed by atoms with Gasteiger partial charge in [-0.2, -0.15) is 9.78 Å². The monoisotopic (exact) mass is 348 g/mol. The molecule has 1 N–H and O–H groups in total. The normalized spacial score (nSPS) is 11.4. The van der Waals surface area contributed by atoms with E-state index in [1.807, 2.05) is 56.3 Å². The van der Waals surface area contributed by atoms with Crippen molar-refractivity contribution in [1.29, 1.82) is 0 Å². The van der Waals surface area contributed by atoms with Gasteiger partial charge in [0.15, 0.2) is 5.82 Å². The summed E-state index contributed by atoms with van der Waals surface area (Å²) in [6, 6.07) is 13.3. The molecule has 5 nitrogen and oxygen atoms in total. The van der Waals surface area contributed by atoms with E-state index in [4.69, 9.17) is 0 Å². The van der Waals surface area contributed by atoms with Crippen LogP contribution in [0.15, 0.2) is 48.7 Å². The lowest BCUT2D eigenvalue weighted by molar-refractivity contribution is 0.102. The summed E-state index contributed by atoms with van der Waals surface area (Å²) in [4.78, 5) is 17.2. The van der Waals surface area contributed by atoms with Crippen molar-refractivity contribution in [3.63, 3.8) is 0 Å². The van der Waals surface area contributed by atoms with Gasteiger partial charge in [-0.25, -0.2) is 4.98 Å². The topological polar surface area (TPSA) is 59.8 Å². The molecule has 3 aromatic rings. The van der Waals surface area contributed by atoms with Crippen molar-refractivity contribution in [2.45, 2.75) is 40.0 Å². The van der Waals surface area contributed by atoms with Gasteiger partial charge in [0.05, 0.1) is 5.69 Å². The number of nitrogens with one attached hydrogen (secondary N) is 1. The maximum Gasteiger partial charge on any atom is 0.257 e. The van der Waals surface area contributed by atoms with Crippen LogP contribution in [0.4, 0.5) is 5.82 Å². The summed E-state index contributed by atoms with van der Waals surface area (Å²) in [5.41, 5.74) is 3.48. The first-order valence-corrected chi connectivity index (χ1v) is 8.67. The van der Waals surface area contributed by atoms with E-state index in [-0.39, 0.29) is 11.3 Å². The van der Waals surface area contributed by atoms with E-state index in [0.717, 1.165) is 16.8 Å². The molecule has 0 saturated carbocycles. The van der Waals surface area contributed by atoms with Crippen LogP contribution < -0.4 is 5.32 Å². The summed E-state index contributed by atoms with van der Waals surface area (Å²) < 4.78 is 1.68. The number of nitrogens with zero attached hydrogens (tertiary/aromatic N) is 3. The van der Waals surface area contributed by atoms with Crippen LogP contribution in [0.1, 0.15) is 48.0 Å². The first-order valence-electron chi connectivity index (χ1n) is 8.67. The maximum absolute atomic E-state index is 12.9. The molecule has 134 valence electrons. The van der Waals surface area contributed by atoms with Gasteiger partial charge >= 0.3 is 0 Å². The fraction of sp³-hybridized carbons (Fsp3) is 0.286. The van der Waals surface area contributed by atoms with Crippen LogP contribution in [-0.2, 0) is 5.41 Å². The highest BCUT2D eigenvalue weighted by atomic mass is 16.1. The summed E-state index contributed by atoms with van der Waals surface area (Å²) in [5, 5.41) is 7.69. The molecule has 2 aromatic heterocycles. The van der Waals surface area contributed by atoms with Crippen molar-refractivity contribution < 1.29 is 4.79 Å². The Morgan fingerprint density at radius 2 is 1.85 bits per heavy atom. The molecule has 26 heavy (non-hydrogen) atoms. The number of pyridine rings is 1. The Morgan fingerprint density at radius 3 is 2.50 bits per heavy atom. The van der Waals surface area contributed by atoms with Crippen molar-refractivity contribution in [3.8, 4) is 5.82 Å². The van der Waals surface area contributed by atoms with E-state index in [0.29, 0.717) is 17.2 Å². The summed E-state index contributed by atoms with van der Waals surface area (Å²) >= 11 is 0. The molecule has 0 radical (unpaired) electrons. The third-order valence-corrected chi connectivity index (χ3v) is 4.43. The summed E-state index contributed by atoms with van der Waals surface area (Å²) in [6.07, 6.45) is 1.71. The van der Waals surface area contributed by atoms with E-state index in [9.17, 15) is 4.79 Å². The number of aryl methyl sites for hydroxylation is 1. The standard InChI is InChI=1S/C21H24N4O/c1-14-9-8-10-16(15(14)2)20(26)23-19-13-17(21(3,4)5)24-25(19)18-11-6-7-12-22-18/h6-13H,1-5H3,(H,23,26). The van der Waals surface area contributed by atoms with Gasteiger partial charge in [-0.15, -0.1) is 0 Å². The van der Waals surface area contributed by atoms with E-state index in [1.54, 1.807) is 10.9 Å². The molecule has 2 heterocycles. The summed E-state index contributed by atoms with van der Waals surface area (Å²) in [6.45, 7) is 10.2. The minimum atomic E-state index is -0.149. The fourth-order valence-electron chi connectivity index (χ4n) is 2.67. The number of aromatic nitrogens is 3. The number of rotatable bonds is 3. The lowest BCUT2D eigenvalue weighted by Crippen LogP contribution is -2.17. The van der Waals surface area contributed by atoms with E-state index < -0.39 is 0 Å². The van der Waals surface area contributed by atoms with Gasteiger partial charge in [-0.1, -0.05) is 39.0 Å². The molecule has 0 aliphatic rings. The molecular weight excluding hydrogens is 324 g/mol. The number of benzene rings is 1. The first-order chi connectivity index (χ1) is 12.3. The zero-order valence-electron chi connectivity index (χ0n) is 15.9. The molecular formula is C21H24N4O. The Hall–Kier alpha value is -2.95. The second kappa shape index (κ2) is 6.75. The Balaban J connectivity index is 2.02. The second-order valence-electron chi connectivity index (χ2n) is 7.47. The number of carbonyl (C=O) groups is 1. The minimum absolute atomic E-state index is 0.140. The smallest absolute Gasteiger partial charge is 0.257 e. The van der Waals surface area contributed by atoms with Gasteiger partial charge < -0.3 is 5.32 Å². The molecule has 0 bridgehead atoms. The largest absolute Gasteiger partial charge is 0.306 e. The van der Waals surface area contributed by atoms with Crippen molar-refractivity contribution in [2.75, 3.05) is 5.32 Å². The summed E-state index contributed by atoms with van der Waals surface area (Å²) in [5.74, 6) is 1.13. The number of amides is 1. The van der Waals surface area contributed by atoms with Crippen LogP contribution in [-0.4, -0.2) is 20.7 Å². The van der Waals surface area contributed by atoms with E-state index >= 15 is 0 Å². The van der Waals surface area contributed by atoms with Crippen LogP contribution in [0.2, 0.25) is 0 Å². The van der Waals surface area contributed by atoms with E-state index in [1.165, 1.54) is 0 Å². The predicted molar refractivity (Wildman–Crippen MR) is 104 cm³/mol. The number of anilines is 1. The first kappa shape index (κ1) is 17.9. The molecule has 1 aromatic carbocycles. The SMILES string of the molecule is Cc1cccc(C(=O)Nc2cc(C(C)(C)C)nn2-c2ccccn2)c1C. The molecule has 3 rings (SSSR count). The maximum atomic E-state index is 12.9. The van der Waals surface area contributed by atoms with Crippen LogP contribution in [0.5, 0.6) is 0 Å².